The van der Waals surface area contributed by atoms with Gasteiger partial charge in [-0.2, -0.15) is 0 Å². The van der Waals surface area contributed by atoms with Gasteiger partial charge in [-0.1, -0.05) is 13.8 Å². The third-order valence-corrected chi connectivity index (χ3v) is 4.91. The molecule has 0 spiro atoms. The lowest BCUT2D eigenvalue weighted by Gasteiger charge is -2.32. The normalized spacial score (nSPS) is 20.8. The Morgan fingerprint density at radius 2 is 2.10 bits per heavy atom. The topological polar surface area (TPSA) is 38.9 Å². The van der Waals surface area contributed by atoms with Crippen molar-refractivity contribution >= 4 is 11.3 Å². The van der Waals surface area contributed by atoms with Crippen molar-refractivity contribution in [2.24, 2.45) is 11.1 Å². The van der Waals surface area contributed by atoms with E-state index in [2.05, 4.69) is 18.8 Å². The molecular formula is C15H16F2N2S. The Hall–Kier alpha value is -1.33. The summed E-state index contributed by atoms with van der Waals surface area (Å²) < 4.78 is 26.8. The quantitative estimate of drug-likeness (QED) is 0.861. The monoisotopic (exact) mass is 294 g/mol. The first-order valence-corrected chi connectivity index (χ1v) is 7.38. The summed E-state index contributed by atoms with van der Waals surface area (Å²) in [5, 5.41) is 0.584. The number of hydrogen-bond donors (Lipinski definition) is 1. The lowest BCUT2D eigenvalue weighted by atomic mass is 9.77. The molecule has 1 heterocycles. The van der Waals surface area contributed by atoms with Crippen LogP contribution in [0.15, 0.2) is 18.2 Å². The largest absolute Gasteiger partial charge is 0.323 e. The molecule has 0 radical (unpaired) electrons. The van der Waals surface area contributed by atoms with Gasteiger partial charge in [0.2, 0.25) is 0 Å². The number of benzene rings is 1. The van der Waals surface area contributed by atoms with E-state index in [9.17, 15) is 8.78 Å². The van der Waals surface area contributed by atoms with Crippen LogP contribution < -0.4 is 5.73 Å². The molecule has 1 aromatic heterocycles. The molecule has 0 saturated heterocycles. The van der Waals surface area contributed by atoms with Gasteiger partial charge >= 0.3 is 0 Å². The maximum Gasteiger partial charge on any atom is 0.136 e. The Kier molecular flexibility index (Phi) is 3.14. The summed E-state index contributed by atoms with van der Waals surface area (Å²) in [5.74, 6) is -1.16. The van der Waals surface area contributed by atoms with Crippen molar-refractivity contribution in [1.29, 1.82) is 0 Å². The van der Waals surface area contributed by atoms with E-state index in [0.717, 1.165) is 29.5 Å². The fourth-order valence-electron chi connectivity index (χ4n) is 2.77. The van der Waals surface area contributed by atoms with Gasteiger partial charge in [0, 0.05) is 22.5 Å². The third kappa shape index (κ3) is 2.36. The van der Waals surface area contributed by atoms with Crippen LogP contribution in [0.5, 0.6) is 0 Å². The number of rotatable bonds is 1. The van der Waals surface area contributed by atoms with Crippen LogP contribution in [0.4, 0.5) is 8.78 Å². The van der Waals surface area contributed by atoms with E-state index in [0.29, 0.717) is 10.6 Å². The van der Waals surface area contributed by atoms with Crippen molar-refractivity contribution in [3.63, 3.8) is 0 Å². The van der Waals surface area contributed by atoms with Gasteiger partial charge < -0.3 is 5.73 Å². The zero-order valence-electron chi connectivity index (χ0n) is 11.4. The average molecular weight is 294 g/mol. The second-order valence-electron chi connectivity index (χ2n) is 6.11. The SMILES string of the molecule is CC1(C)Cc2nc(-c3ccc(F)cc3F)sc2C(N)C1. The van der Waals surface area contributed by atoms with Gasteiger partial charge in [0.25, 0.3) is 0 Å². The first-order valence-electron chi connectivity index (χ1n) is 6.56. The number of hydrogen-bond acceptors (Lipinski definition) is 3. The number of nitrogens with zero attached hydrogens (tertiary/aromatic N) is 1. The molecule has 0 fully saturated rings. The summed E-state index contributed by atoms with van der Waals surface area (Å²) >= 11 is 1.42. The number of aromatic nitrogens is 1. The van der Waals surface area contributed by atoms with Crippen LogP contribution in [0.3, 0.4) is 0 Å². The predicted octanol–water partition coefficient (Wildman–Crippen LogP) is 4.06. The van der Waals surface area contributed by atoms with Gasteiger partial charge in [-0.3, -0.25) is 0 Å². The fourth-order valence-corrected chi connectivity index (χ4v) is 3.88. The molecule has 0 amide bonds. The molecule has 1 aliphatic carbocycles. The molecule has 1 aliphatic rings. The first-order chi connectivity index (χ1) is 9.35. The van der Waals surface area contributed by atoms with Gasteiger partial charge in [0.1, 0.15) is 16.6 Å². The van der Waals surface area contributed by atoms with Crippen LogP contribution in [0.2, 0.25) is 0 Å². The summed E-state index contributed by atoms with van der Waals surface area (Å²) in [4.78, 5) is 5.56. The van der Waals surface area contributed by atoms with Crippen molar-refractivity contribution in [2.75, 3.05) is 0 Å². The van der Waals surface area contributed by atoms with Gasteiger partial charge in [-0.15, -0.1) is 11.3 Å². The van der Waals surface area contributed by atoms with E-state index in [1.54, 1.807) is 0 Å². The molecule has 2 N–H and O–H groups in total. The maximum absolute atomic E-state index is 13.8. The number of halogens is 2. The van der Waals surface area contributed by atoms with Gasteiger partial charge in [0.15, 0.2) is 0 Å². The van der Waals surface area contributed by atoms with E-state index in [1.807, 2.05) is 0 Å². The Labute approximate surface area is 120 Å². The smallest absolute Gasteiger partial charge is 0.136 e. The van der Waals surface area contributed by atoms with E-state index >= 15 is 0 Å². The van der Waals surface area contributed by atoms with E-state index in [4.69, 9.17) is 5.73 Å². The molecular weight excluding hydrogens is 278 g/mol. The van der Waals surface area contributed by atoms with Gasteiger partial charge in [-0.05, 0) is 30.4 Å². The lowest BCUT2D eigenvalue weighted by Crippen LogP contribution is -2.28. The van der Waals surface area contributed by atoms with Gasteiger partial charge in [0.05, 0.1) is 5.69 Å². The highest BCUT2D eigenvalue weighted by atomic mass is 32.1. The highest BCUT2D eigenvalue weighted by molar-refractivity contribution is 7.15. The summed E-state index contributed by atoms with van der Waals surface area (Å²) in [6.45, 7) is 4.32. The van der Waals surface area contributed by atoms with Crippen molar-refractivity contribution in [2.45, 2.75) is 32.7 Å². The molecule has 1 unspecified atom stereocenters. The van der Waals surface area contributed by atoms with Crippen molar-refractivity contribution in [1.82, 2.24) is 4.98 Å². The van der Waals surface area contributed by atoms with Gasteiger partial charge in [-0.25, -0.2) is 13.8 Å². The Morgan fingerprint density at radius 3 is 2.80 bits per heavy atom. The molecule has 1 atom stereocenters. The predicted molar refractivity (Wildman–Crippen MR) is 76.5 cm³/mol. The second-order valence-corrected chi connectivity index (χ2v) is 7.14. The summed E-state index contributed by atoms with van der Waals surface area (Å²) in [6.07, 6.45) is 1.74. The highest BCUT2D eigenvalue weighted by Gasteiger charge is 2.33. The first kappa shape index (κ1) is 13.6. The van der Waals surface area contributed by atoms with E-state index in [1.165, 1.54) is 23.5 Å². The molecule has 20 heavy (non-hydrogen) atoms. The minimum Gasteiger partial charge on any atom is -0.323 e. The van der Waals surface area contributed by atoms with Crippen molar-refractivity contribution < 1.29 is 8.78 Å². The highest BCUT2D eigenvalue weighted by Crippen LogP contribution is 2.44. The molecule has 3 rings (SSSR count). The molecule has 2 aromatic rings. The fraction of sp³-hybridized carbons (Fsp3) is 0.400. The molecule has 0 saturated carbocycles. The number of nitrogens with two attached hydrogens (primary N) is 1. The molecule has 0 aliphatic heterocycles. The van der Waals surface area contributed by atoms with Crippen LogP contribution in [0, 0.1) is 17.0 Å². The molecule has 2 nitrogen and oxygen atoms in total. The van der Waals surface area contributed by atoms with Crippen LogP contribution in [0.25, 0.3) is 10.6 Å². The minimum atomic E-state index is -0.580. The molecule has 106 valence electrons. The van der Waals surface area contributed by atoms with Crippen LogP contribution >= 0.6 is 11.3 Å². The Morgan fingerprint density at radius 1 is 1.35 bits per heavy atom. The maximum atomic E-state index is 13.8. The van der Waals surface area contributed by atoms with Crippen LogP contribution in [-0.2, 0) is 6.42 Å². The number of thiazole rings is 1. The Balaban J connectivity index is 2.06. The van der Waals surface area contributed by atoms with E-state index in [-0.39, 0.29) is 11.5 Å². The standard InChI is InChI=1S/C15H16F2N2S/c1-15(2)6-11(18)13-12(7-15)19-14(20-13)9-4-3-8(16)5-10(9)17/h3-5,11H,6-7,18H2,1-2H3. The molecule has 1 aromatic carbocycles. The summed E-state index contributed by atoms with van der Waals surface area (Å²) in [7, 11) is 0. The second kappa shape index (κ2) is 4.60. The summed E-state index contributed by atoms with van der Waals surface area (Å²) in [6, 6.07) is 3.52. The molecule has 5 heteroatoms. The van der Waals surface area contributed by atoms with E-state index < -0.39 is 11.6 Å². The number of fused-ring (bicyclic) bond motifs is 1. The third-order valence-electron chi connectivity index (χ3n) is 3.64. The Bertz CT molecular complexity index is 664. The molecule has 0 bridgehead atoms. The van der Waals surface area contributed by atoms with Crippen molar-refractivity contribution in [3.8, 4) is 10.6 Å². The van der Waals surface area contributed by atoms with Crippen LogP contribution in [-0.4, -0.2) is 4.98 Å². The zero-order chi connectivity index (χ0) is 14.5. The van der Waals surface area contributed by atoms with Crippen molar-refractivity contribution in [3.05, 3.63) is 40.4 Å². The lowest BCUT2D eigenvalue weighted by molar-refractivity contribution is 0.282. The summed E-state index contributed by atoms with van der Waals surface area (Å²) in [5.41, 5.74) is 7.60. The average Bonchev–Trinajstić information content (AvgIpc) is 2.70. The zero-order valence-corrected chi connectivity index (χ0v) is 12.2. The minimum absolute atomic E-state index is 0.0523. The van der Waals surface area contributed by atoms with Crippen LogP contribution in [0.1, 0.15) is 36.9 Å².